The Hall–Kier alpha value is -0.0500. The number of rotatable bonds is 2. The standard InChI is InChI=1S/C10H18BrNO/c1-9(2)5-7(6-9)12-8(13)10(3,4)11/h7H,5-6H2,1-4H3,(H,12,13). The Morgan fingerprint density at radius 2 is 1.92 bits per heavy atom. The lowest BCUT2D eigenvalue weighted by Crippen LogP contribution is -2.52. The van der Waals surface area contributed by atoms with Crippen LogP contribution in [0.3, 0.4) is 0 Å². The molecule has 0 aromatic carbocycles. The average Bonchev–Trinajstić information content (AvgIpc) is 1.80. The first kappa shape index (κ1) is 11.0. The van der Waals surface area contributed by atoms with Crippen molar-refractivity contribution in [2.75, 3.05) is 0 Å². The number of carbonyl (C=O) groups is 1. The van der Waals surface area contributed by atoms with Gasteiger partial charge >= 0.3 is 0 Å². The second kappa shape index (κ2) is 3.26. The zero-order chi connectivity index (χ0) is 10.3. The summed E-state index contributed by atoms with van der Waals surface area (Å²) in [6.07, 6.45) is 2.20. The van der Waals surface area contributed by atoms with Crippen molar-refractivity contribution in [3.05, 3.63) is 0 Å². The Bertz CT molecular complexity index is 209. The third-order valence-corrected chi connectivity index (χ3v) is 2.83. The molecule has 1 fully saturated rings. The zero-order valence-corrected chi connectivity index (χ0v) is 10.4. The molecule has 1 N–H and O–H groups in total. The molecule has 1 rings (SSSR count). The van der Waals surface area contributed by atoms with Gasteiger partial charge in [-0.1, -0.05) is 29.8 Å². The lowest BCUT2D eigenvalue weighted by atomic mass is 9.68. The van der Waals surface area contributed by atoms with Gasteiger partial charge in [-0.15, -0.1) is 0 Å². The molecular formula is C10H18BrNO. The predicted molar refractivity (Wildman–Crippen MR) is 58.0 cm³/mol. The van der Waals surface area contributed by atoms with E-state index < -0.39 is 4.32 Å². The maximum absolute atomic E-state index is 11.5. The summed E-state index contributed by atoms with van der Waals surface area (Å²) in [6.45, 7) is 8.20. The van der Waals surface area contributed by atoms with E-state index in [0.29, 0.717) is 11.5 Å². The summed E-state index contributed by atoms with van der Waals surface area (Å²) >= 11 is 3.34. The van der Waals surface area contributed by atoms with Gasteiger partial charge in [-0.05, 0) is 32.1 Å². The lowest BCUT2D eigenvalue weighted by Gasteiger charge is -2.43. The number of hydrogen-bond donors (Lipinski definition) is 1. The minimum absolute atomic E-state index is 0.0907. The number of nitrogens with one attached hydrogen (secondary N) is 1. The Morgan fingerprint density at radius 1 is 1.46 bits per heavy atom. The molecular weight excluding hydrogens is 230 g/mol. The van der Waals surface area contributed by atoms with E-state index in [0.717, 1.165) is 12.8 Å². The van der Waals surface area contributed by atoms with E-state index in [9.17, 15) is 4.79 Å². The summed E-state index contributed by atoms with van der Waals surface area (Å²) in [4.78, 5) is 11.5. The van der Waals surface area contributed by atoms with Crippen LogP contribution in [-0.4, -0.2) is 16.3 Å². The van der Waals surface area contributed by atoms with Crippen LogP contribution in [-0.2, 0) is 4.79 Å². The second-order valence-corrected chi connectivity index (χ2v) is 7.20. The van der Waals surface area contributed by atoms with Crippen LogP contribution in [0.15, 0.2) is 0 Å². The minimum atomic E-state index is -0.438. The number of amides is 1. The van der Waals surface area contributed by atoms with Gasteiger partial charge in [0.25, 0.3) is 0 Å². The molecule has 13 heavy (non-hydrogen) atoms. The Morgan fingerprint density at radius 3 is 2.23 bits per heavy atom. The van der Waals surface area contributed by atoms with Gasteiger partial charge in [0.2, 0.25) is 5.91 Å². The Labute approximate surface area is 88.6 Å². The van der Waals surface area contributed by atoms with Gasteiger partial charge < -0.3 is 5.32 Å². The van der Waals surface area contributed by atoms with Crippen LogP contribution in [0.1, 0.15) is 40.5 Å². The molecule has 0 heterocycles. The van der Waals surface area contributed by atoms with Crippen molar-refractivity contribution < 1.29 is 4.79 Å². The third-order valence-electron chi connectivity index (χ3n) is 2.47. The first-order valence-corrected chi connectivity index (χ1v) is 5.50. The molecule has 0 bridgehead atoms. The highest BCUT2D eigenvalue weighted by Gasteiger charge is 2.38. The van der Waals surface area contributed by atoms with Gasteiger partial charge in [-0.25, -0.2) is 0 Å². The molecule has 2 nitrogen and oxygen atoms in total. The van der Waals surface area contributed by atoms with E-state index in [1.54, 1.807) is 0 Å². The van der Waals surface area contributed by atoms with Gasteiger partial charge in [0.05, 0.1) is 4.32 Å². The fraction of sp³-hybridized carbons (Fsp3) is 0.900. The van der Waals surface area contributed by atoms with E-state index >= 15 is 0 Å². The molecule has 76 valence electrons. The van der Waals surface area contributed by atoms with Gasteiger partial charge in [0.15, 0.2) is 0 Å². The van der Waals surface area contributed by atoms with Crippen molar-refractivity contribution in [2.24, 2.45) is 5.41 Å². The summed E-state index contributed by atoms with van der Waals surface area (Å²) in [5.41, 5.74) is 0.425. The Kier molecular flexibility index (Phi) is 2.77. The van der Waals surface area contributed by atoms with Gasteiger partial charge in [0, 0.05) is 6.04 Å². The van der Waals surface area contributed by atoms with Crippen molar-refractivity contribution in [1.82, 2.24) is 5.32 Å². The van der Waals surface area contributed by atoms with E-state index in [2.05, 4.69) is 35.1 Å². The Balaban J connectivity index is 2.33. The maximum atomic E-state index is 11.5. The second-order valence-electron chi connectivity index (χ2n) is 5.22. The quantitative estimate of drug-likeness (QED) is 0.747. The maximum Gasteiger partial charge on any atom is 0.236 e. The van der Waals surface area contributed by atoms with Crippen LogP contribution in [0.2, 0.25) is 0 Å². The lowest BCUT2D eigenvalue weighted by molar-refractivity contribution is -0.124. The molecule has 1 aliphatic carbocycles. The van der Waals surface area contributed by atoms with Crippen molar-refractivity contribution >= 4 is 21.8 Å². The van der Waals surface area contributed by atoms with Crippen LogP contribution in [0, 0.1) is 5.41 Å². The van der Waals surface area contributed by atoms with Crippen LogP contribution >= 0.6 is 15.9 Å². The van der Waals surface area contributed by atoms with Crippen LogP contribution in [0.4, 0.5) is 0 Å². The zero-order valence-electron chi connectivity index (χ0n) is 8.78. The summed E-state index contributed by atoms with van der Waals surface area (Å²) in [5, 5.41) is 3.03. The summed E-state index contributed by atoms with van der Waals surface area (Å²) in [7, 11) is 0. The van der Waals surface area contributed by atoms with Crippen LogP contribution in [0.5, 0.6) is 0 Å². The molecule has 1 aliphatic rings. The minimum Gasteiger partial charge on any atom is -0.352 e. The van der Waals surface area contributed by atoms with Crippen molar-refractivity contribution in [2.45, 2.75) is 50.9 Å². The topological polar surface area (TPSA) is 29.1 Å². The van der Waals surface area contributed by atoms with E-state index in [1.165, 1.54) is 0 Å². The summed E-state index contributed by atoms with van der Waals surface area (Å²) in [6, 6.07) is 0.388. The molecule has 3 heteroatoms. The fourth-order valence-electron chi connectivity index (χ4n) is 1.73. The highest BCUT2D eigenvalue weighted by Crippen LogP contribution is 2.40. The molecule has 0 saturated heterocycles. The number of alkyl halides is 1. The number of carbonyl (C=O) groups excluding carboxylic acids is 1. The monoisotopic (exact) mass is 247 g/mol. The fourth-order valence-corrected chi connectivity index (χ4v) is 1.85. The average molecular weight is 248 g/mol. The van der Waals surface area contributed by atoms with Gasteiger partial charge in [-0.3, -0.25) is 4.79 Å². The van der Waals surface area contributed by atoms with Gasteiger partial charge in [0.1, 0.15) is 0 Å². The molecule has 0 spiro atoms. The van der Waals surface area contributed by atoms with Gasteiger partial charge in [-0.2, -0.15) is 0 Å². The highest BCUT2D eigenvalue weighted by atomic mass is 79.9. The summed E-state index contributed by atoms with van der Waals surface area (Å²) in [5.74, 6) is 0.0907. The molecule has 0 aliphatic heterocycles. The predicted octanol–water partition coefficient (Wildman–Crippen LogP) is 2.46. The molecule has 1 amide bonds. The third kappa shape index (κ3) is 2.97. The first-order chi connectivity index (χ1) is 5.71. The van der Waals surface area contributed by atoms with Crippen molar-refractivity contribution in [3.8, 4) is 0 Å². The number of halogens is 1. The van der Waals surface area contributed by atoms with E-state index in [4.69, 9.17) is 0 Å². The SMILES string of the molecule is CC1(C)CC(NC(=O)C(C)(C)Br)C1. The summed E-state index contributed by atoms with van der Waals surface area (Å²) < 4.78 is -0.438. The first-order valence-electron chi connectivity index (χ1n) is 4.71. The highest BCUT2D eigenvalue weighted by molar-refractivity contribution is 9.10. The normalized spacial score (nSPS) is 22.2. The van der Waals surface area contributed by atoms with Crippen molar-refractivity contribution in [3.63, 3.8) is 0 Å². The molecule has 0 aromatic rings. The molecule has 0 aromatic heterocycles. The van der Waals surface area contributed by atoms with E-state index in [-0.39, 0.29) is 5.91 Å². The smallest absolute Gasteiger partial charge is 0.236 e. The van der Waals surface area contributed by atoms with Crippen molar-refractivity contribution in [1.29, 1.82) is 0 Å². The molecule has 0 radical (unpaired) electrons. The molecule has 0 unspecified atom stereocenters. The van der Waals surface area contributed by atoms with Crippen LogP contribution in [0.25, 0.3) is 0 Å². The largest absolute Gasteiger partial charge is 0.352 e. The van der Waals surface area contributed by atoms with E-state index in [1.807, 2.05) is 13.8 Å². The number of hydrogen-bond acceptors (Lipinski definition) is 1. The molecule has 1 saturated carbocycles. The molecule has 0 atom stereocenters. The van der Waals surface area contributed by atoms with Crippen LogP contribution < -0.4 is 5.32 Å².